The fourth-order valence-corrected chi connectivity index (χ4v) is 3.92. The van der Waals surface area contributed by atoms with Gasteiger partial charge in [-0.15, -0.1) is 0 Å². The summed E-state index contributed by atoms with van der Waals surface area (Å²) in [6.45, 7) is 9.83. The maximum Gasteiger partial charge on any atom is 0.0530 e. The second-order valence-corrected chi connectivity index (χ2v) is 9.47. The van der Waals surface area contributed by atoms with Gasteiger partial charge in [0.2, 0.25) is 0 Å². The average molecular weight is 128 g/mol. The molecule has 0 aromatic carbocycles. The molecule has 0 nitrogen and oxygen atoms in total. The Kier molecular flexibility index (Phi) is 1.27. The molecule has 0 bridgehead atoms. The SMILES string of the molecule is CC1CC(C)[Si]1(C)C. The van der Waals surface area contributed by atoms with Crippen molar-refractivity contribution in [2.24, 2.45) is 0 Å². The van der Waals surface area contributed by atoms with E-state index in [1.165, 1.54) is 6.42 Å². The molecule has 0 aromatic rings. The van der Waals surface area contributed by atoms with E-state index in [1.807, 2.05) is 0 Å². The molecule has 1 fully saturated rings. The molecule has 8 heavy (non-hydrogen) atoms. The Morgan fingerprint density at radius 3 is 1.50 bits per heavy atom. The second kappa shape index (κ2) is 1.60. The fraction of sp³-hybridized carbons (Fsp3) is 1.00. The van der Waals surface area contributed by atoms with E-state index < -0.39 is 8.07 Å². The van der Waals surface area contributed by atoms with Crippen molar-refractivity contribution in [3.8, 4) is 0 Å². The minimum absolute atomic E-state index is 0.657. The van der Waals surface area contributed by atoms with Crippen LogP contribution in [0.25, 0.3) is 0 Å². The third-order valence-electron chi connectivity index (χ3n) is 3.25. The van der Waals surface area contributed by atoms with E-state index in [0.717, 1.165) is 11.1 Å². The molecular formula is C7H16Si. The lowest BCUT2D eigenvalue weighted by Crippen LogP contribution is -2.45. The lowest BCUT2D eigenvalue weighted by Gasteiger charge is -2.47. The van der Waals surface area contributed by atoms with Gasteiger partial charge in [-0.2, -0.15) is 0 Å². The molecular weight excluding hydrogens is 112 g/mol. The van der Waals surface area contributed by atoms with E-state index in [2.05, 4.69) is 26.9 Å². The van der Waals surface area contributed by atoms with Crippen LogP contribution in [0.3, 0.4) is 0 Å². The molecule has 1 saturated heterocycles. The van der Waals surface area contributed by atoms with E-state index in [1.54, 1.807) is 0 Å². The molecule has 0 saturated carbocycles. The first-order valence-electron chi connectivity index (χ1n) is 3.55. The van der Waals surface area contributed by atoms with E-state index in [9.17, 15) is 0 Å². The summed E-state index contributed by atoms with van der Waals surface area (Å²) in [5, 5.41) is 0. The molecule has 0 amide bonds. The smallest absolute Gasteiger partial charge is 0.0530 e. The van der Waals surface area contributed by atoms with Crippen LogP contribution in [0.5, 0.6) is 0 Å². The lowest BCUT2D eigenvalue weighted by atomic mass is 10.2. The van der Waals surface area contributed by atoms with E-state index >= 15 is 0 Å². The first-order valence-corrected chi connectivity index (χ1v) is 6.70. The van der Waals surface area contributed by atoms with Crippen LogP contribution in [0, 0.1) is 0 Å². The molecule has 1 heteroatoms. The minimum Gasteiger partial charge on any atom is -0.0690 e. The summed E-state index contributed by atoms with van der Waals surface area (Å²) in [4.78, 5) is 0. The Morgan fingerprint density at radius 1 is 1.12 bits per heavy atom. The Morgan fingerprint density at radius 2 is 1.50 bits per heavy atom. The van der Waals surface area contributed by atoms with Gasteiger partial charge in [-0.3, -0.25) is 0 Å². The van der Waals surface area contributed by atoms with Crippen LogP contribution in [0.4, 0.5) is 0 Å². The summed E-state index contributed by atoms with van der Waals surface area (Å²) < 4.78 is 0. The Hall–Kier alpha value is 0.217. The molecule has 1 rings (SSSR count). The van der Waals surface area contributed by atoms with Crippen molar-refractivity contribution in [3.63, 3.8) is 0 Å². The zero-order valence-electron chi connectivity index (χ0n) is 6.36. The van der Waals surface area contributed by atoms with E-state index in [0.29, 0.717) is 0 Å². The molecule has 1 heterocycles. The lowest BCUT2D eigenvalue weighted by molar-refractivity contribution is 0.621. The van der Waals surface area contributed by atoms with Crippen LogP contribution in [0.15, 0.2) is 0 Å². The second-order valence-electron chi connectivity index (χ2n) is 3.86. The molecule has 48 valence electrons. The van der Waals surface area contributed by atoms with Crippen LogP contribution < -0.4 is 0 Å². The normalized spacial score (nSPS) is 43.5. The summed E-state index contributed by atoms with van der Waals surface area (Å²) in [7, 11) is -0.657. The van der Waals surface area contributed by atoms with Gasteiger partial charge in [0.1, 0.15) is 0 Å². The number of hydrogen-bond donors (Lipinski definition) is 0. The fourth-order valence-electron chi connectivity index (χ4n) is 1.46. The molecule has 0 N–H and O–H groups in total. The molecule has 0 aliphatic carbocycles. The first-order chi connectivity index (χ1) is 3.55. The van der Waals surface area contributed by atoms with Crippen LogP contribution in [-0.2, 0) is 0 Å². The highest BCUT2D eigenvalue weighted by Gasteiger charge is 2.43. The average Bonchev–Trinajstić information content (AvgIpc) is 1.68. The third kappa shape index (κ3) is 0.643. The van der Waals surface area contributed by atoms with Crippen molar-refractivity contribution in [2.75, 3.05) is 0 Å². The van der Waals surface area contributed by atoms with Crippen LogP contribution >= 0.6 is 0 Å². The highest BCUT2D eigenvalue weighted by atomic mass is 28.3. The maximum absolute atomic E-state index is 2.51. The van der Waals surface area contributed by atoms with Gasteiger partial charge in [0.15, 0.2) is 0 Å². The van der Waals surface area contributed by atoms with E-state index in [-0.39, 0.29) is 0 Å². The number of hydrogen-bond acceptors (Lipinski definition) is 0. The third-order valence-corrected chi connectivity index (χ3v) is 8.80. The van der Waals surface area contributed by atoms with Crippen molar-refractivity contribution in [1.82, 2.24) is 0 Å². The highest BCUT2D eigenvalue weighted by Crippen LogP contribution is 2.50. The van der Waals surface area contributed by atoms with Crippen LogP contribution in [0.1, 0.15) is 20.3 Å². The summed E-state index contributed by atoms with van der Waals surface area (Å²) in [6, 6.07) is 0. The monoisotopic (exact) mass is 128 g/mol. The molecule has 1 aliphatic rings. The topological polar surface area (TPSA) is 0 Å². The van der Waals surface area contributed by atoms with Gasteiger partial charge in [-0.1, -0.05) is 33.4 Å². The van der Waals surface area contributed by atoms with Crippen LogP contribution in [-0.4, -0.2) is 8.07 Å². The summed E-state index contributed by atoms with van der Waals surface area (Å²) in [5.41, 5.74) is 2.19. The maximum atomic E-state index is 2.51. The van der Waals surface area contributed by atoms with Crippen molar-refractivity contribution in [1.29, 1.82) is 0 Å². The zero-order chi connectivity index (χ0) is 6.36. The van der Waals surface area contributed by atoms with Crippen LogP contribution in [0.2, 0.25) is 24.2 Å². The molecule has 0 spiro atoms. The largest absolute Gasteiger partial charge is 0.0690 e. The zero-order valence-corrected chi connectivity index (χ0v) is 7.36. The Bertz CT molecular complexity index is 86.6. The summed E-state index contributed by atoms with van der Waals surface area (Å²) in [6.07, 6.45) is 1.50. The standard InChI is InChI=1S/C7H16Si/c1-6-5-7(2)8(6,3)4/h6-7H,5H2,1-4H3. The van der Waals surface area contributed by atoms with Gasteiger partial charge >= 0.3 is 0 Å². The molecule has 2 atom stereocenters. The first kappa shape index (κ1) is 6.34. The van der Waals surface area contributed by atoms with Crippen molar-refractivity contribution in [3.05, 3.63) is 0 Å². The van der Waals surface area contributed by atoms with Gasteiger partial charge in [0, 0.05) is 0 Å². The van der Waals surface area contributed by atoms with Crippen molar-refractivity contribution in [2.45, 2.75) is 44.4 Å². The molecule has 0 radical (unpaired) electrons. The van der Waals surface area contributed by atoms with Gasteiger partial charge in [0.25, 0.3) is 0 Å². The van der Waals surface area contributed by atoms with Gasteiger partial charge in [-0.25, -0.2) is 0 Å². The quantitative estimate of drug-likeness (QED) is 0.440. The minimum atomic E-state index is -0.657. The Balaban J connectivity index is 2.52. The number of rotatable bonds is 0. The van der Waals surface area contributed by atoms with Gasteiger partial charge < -0.3 is 0 Å². The predicted octanol–water partition coefficient (Wildman–Crippen LogP) is 2.88. The Labute approximate surface area is 53.3 Å². The molecule has 2 unspecified atom stereocenters. The van der Waals surface area contributed by atoms with Crippen molar-refractivity contribution >= 4 is 8.07 Å². The summed E-state index contributed by atoms with van der Waals surface area (Å²) in [5.74, 6) is 0. The van der Waals surface area contributed by atoms with Crippen molar-refractivity contribution < 1.29 is 0 Å². The van der Waals surface area contributed by atoms with Gasteiger partial charge in [-0.05, 0) is 11.1 Å². The molecule has 0 aromatic heterocycles. The van der Waals surface area contributed by atoms with E-state index in [4.69, 9.17) is 0 Å². The highest BCUT2D eigenvalue weighted by molar-refractivity contribution is 6.82. The van der Waals surface area contributed by atoms with Gasteiger partial charge in [0.05, 0.1) is 8.07 Å². The summed E-state index contributed by atoms with van der Waals surface area (Å²) >= 11 is 0. The molecule has 1 aliphatic heterocycles. The predicted molar refractivity (Wildman–Crippen MR) is 40.9 cm³/mol.